The average molecular weight is 543 g/mol. The number of amides is 2. The fourth-order valence-electron chi connectivity index (χ4n) is 5.92. The minimum absolute atomic E-state index is 0.0931. The number of halogens is 1. The van der Waals surface area contributed by atoms with Crippen molar-refractivity contribution >= 4 is 45.3 Å². The lowest BCUT2D eigenvalue weighted by atomic mass is 9.83. The first kappa shape index (κ1) is 21.4. The summed E-state index contributed by atoms with van der Waals surface area (Å²) in [5.41, 5.74) is 2.84. The number of carbonyl (C=O) groups excluding carboxylic acids is 3. The molecule has 4 atom stereocenters. The number of ketones is 1. The van der Waals surface area contributed by atoms with Gasteiger partial charge in [-0.2, -0.15) is 0 Å². The van der Waals surface area contributed by atoms with Crippen LogP contribution in [-0.2, 0) is 9.59 Å². The summed E-state index contributed by atoms with van der Waals surface area (Å²) in [4.78, 5) is 45.0. The van der Waals surface area contributed by atoms with Gasteiger partial charge in [-0.05, 0) is 41.5 Å². The highest BCUT2D eigenvalue weighted by atomic mass is 79.9. The van der Waals surface area contributed by atoms with E-state index in [4.69, 9.17) is 9.47 Å². The molecule has 0 radical (unpaired) electrons. The van der Waals surface area contributed by atoms with Crippen molar-refractivity contribution in [2.24, 2.45) is 11.8 Å². The van der Waals surface area contributed by atoms with E-state index in [2.05, 4.69) is 15.9 Å². The summed E-state index contributed by atoms with van der Waals surface area (Å²) >= 11 is 3.41. The first-order valence-electron chi connectivity index (χ1n) is 11.6. The number of imide groups is 1. The number of benzene rings is 3. The summed E-state index contributed by atoms with van der Waals surface area (Å²) in [5, 5.41) is 0. The van der Waals surface area contributed by atoms with Crippen molar-refractivity contribution in [3.63, 3.8) is 0 Å². The van der Waals surface area contributed by atoms with Crippen LogP contribution in [-0.4, -0.2) is 35.3 Å². The molecule has 4 heterocycles. The van der Waals surface area contributed by atoms with Crippen LogP contribution in [0.3, 0.4) is 0 Å². The van der Waals surface area contributed by atoms with Crippen LogP contribution in [0.15, 0.2) is 77.4 Å². The number of hydrogen-bond donors (Lipinski definition) is 0. The van der Waals surface area contributed by atoms with Crippen LogP contribution in [0.5, 0.6) is 11.5 Å². The average Bonchev–Trinajstić information content (AvgIpc) is 3.57. The molecule has 8 heteroatoms. The first-order chi connectivity index (χ1) is 17.5. The SMILES string of the molecule is O=C(c1ccc(Br)cc1)[C@@H]1[C@@H]2C(=O)N(c3ccc4c(c3)OCO4)C(=O)[C@@H]2[C@H]2c3ccccc3C=CN12. The van der Waals surface area contributed by atoms with E-state index in [1.54, 1.807) is 42.5 Å². The quantitative estimate of drug-likeness (QED) is 0.356. The van der Waals surface area contributed by atoms with E-state index in [0.29, 0.717) is 22.7 Å². The maximum atomic E-state index is 14.0. The molecule has 0 N–H and O–H groups in total. The minimum Gasteiger partial charge on any atom is -0.454 e. The maximum absolute atomic E-state index is 14.0. The molecule has 0 bridgehead atoms. The molecule has 3 aromatic carbocycles. The van der Waals surface area contributed by atoms with Gasteiger partial charge in [0.15, 0.2) is 17.3 Å². The molecule has 4 aliphatic heterocycles. The van der Waals surface area contributed by atoms with Gasteiger partial charge < -0.3 is 14.4 Å². The molecule has 7 nitrogen and oxygen atoms in total. The van der Waals surface area contributed by atoms with E-state index in [1.165, 1.54) is 4.90 Å². The molecule has 0 saturated carbocycles. The van der Waals surface area contributed by atoms with Gasteiger partial charge in [0.05, 0.1) is 23.6 Å². The summed E-state index contributed by atoms with van der Waals surface area (Å²) in [6.07, 6.45) is 3.80. The Morgan fingerprint density at radius 2 is 1.64 bits per heavy atom. The predicted octanol–water partition coefficient (Wildman–Crippen LogP) is 4.58. The van der Waals surface area contributed by atoms with Crippen molar-refractivity contribution in [2.45, 2.75) is 12.1 Å². The molecule has 0 spiro atoms. The normalized spacial score (nSPS) is 25.1. The lowest BCUT2D eigenvalue weighted by molar-refractivity contribution is -0.123. The maximum Gasteiger partial charge on any atom is 0.240 e. The second-order valence-corrected chi connectivity index (χ2v) is 10.2. The second-order valence-electron chi connectivity index (χ2n) is 9.25. The number of ether oxygens (including phenoxy) is 2. The molecule has 3 aromatic rings. The van der Waals surface area contributed by atoms with E-state index >= 15 is 0 Å². The topological polar surface area (TPSA) is 76.1 Å². The molecule has 2 saturated heterocycles. The number of rotatable bonds is 3. The fourth-order valence-corrected chi connectivity index (χ4v) is 6.19. The fraction of sp³-hybridized carbons (Fsp3) is 0.179. The zero-order valence-electron chi connectivity index (χ0n) is 18.8. The minimum atomic E-state index is -0.820. The third-order valence-electron chi connectivity index (χ3n) is 7.47. The van der Waals surface area contributed by atoms with Crippen molar-refractivity contribution in [2.75, 3.05) is 11.7 Å². The number of hydrogen-bond acceptors (Lipinski definition) is 6. The van der Waals surface area contributed by atoms with Gasteiger partial charge in [0, 0.05) is 22.3 Å². The molecule has 36 heavy (non-hydrogen) atoms. The lowest BCUT2D eigenvalue weighted by Gasteiger charge is -2.35. The predicted molar refractivity (Wildman–Crippen MR) is 134 cm³/mol. The Kier molecular flexibility index (Phi) is 4.63. The molecule has 4 aliphatic rings. The Hall–Kier alpha value is -3.91. The largest absolute Gasteiger partial charge is 0.454 e. The van der Waals surface area contributed by atoms with Gasteiger partial charge in [-0.1, -0.05) is 52.3 Å². The smallest absolute Gasteiger partial charge is 0.240 e. The van der Waals surface area contributed by atoms with Gasteiger partial charge in [-0.15, -0.1) is 0 Å². The second kappa shape index (κ2) is 7.80. The summed E-state index contributed by atoms with van der Waals surface area (Å²) in [6.45, 7) is 0.0931. The van der Waals surface area contributed by atoms with Crippen molar-refractivity contribution in [3.8, 4) is 11.5 Å². The highest BCUT2D eigenvalue weighted by Crippen LogP contribution is 2.54. The van der Waals surface area contributed by atoms with Gasteiger partial charge in [0.25, 0.3) is 0 Å². The van der Waals surface area contributed by atoms with Gasteiger partial charge in [0.2, 0.25) is 18.6 Å². The van der Waals surface area contributed by atoms with Gasteiger partial charge in [0.1, 0.15) is 6.04 Å². The molecule has 0 aromatic heterocycles. The molecule has 0 unspecified atom stereocenters. The van der Waals surface area contributed by atoms with Gasteiger partial charge in [-0.3, -0.25) is 14.4 Å². The van der Waals surface area contributed by atoms with Gasteiger partial charge >= 0.3 is 0 Å². The van der Waals surface area contributed by atoms with Crippen LogP contribution < -0.4 is 14.4 Å². The summed E-state index contributed by atoms with van der Waals surface area (Å²) < 4.78 is 11.7. The Balaban J connectivity index is 1.36. The molecule has 2 amide bonds. The summed E-state index contributed by atoms with van der Waals surface area (Å²) in [6, 6.07) is 18.7. The molecule has 0 aliphatic carbocycles. The number of anilines is 1. The van der Waals surface area contributed by atoms with Crippen molar-refractivity contribution < 1.29 is 23.9 Å². The Morgan fingerprint density at radius 3 is 2.47 bits per heavy atom. The van der Waals surface area contributed by atoms with Gasteiger partial charge in [-0.25, -0.2) is 4.90 Å². The van der Waals surface area contributed by atoms with Crippen LogP contribution >= 0.6 is 15.9 Å². The third-order valence-corrected chi connectivity index (χ3v) is 8.00. The molecular weight excluding hydrogens is 524 g/mol. The lowest BCUT2D eigenvalue weighted by Crippen LogP contribution is -2.44. The van der Waals surface area contributed by atoms with Crippen molar-refractivity contribution in [1.29, 1.82) is 0 Å². The molecular formula is C28H19BrN2O5. The monoisotopic (exact) mass is 542 g/mol. The van der Waals surface area contributed by atoms with E-state index in [9.17, 15) is 14.4 Å². The zero-order chi connectivity index (χ0) is 24.6. The molecule has 2 fully saturated rings. The van der Waals surface area contributed by atoms with Crippen molar-refractivity contribution in [3.05, 3.63) is 94.1 Å². The third kappa shape index (κ3) is 2.94. The van der Waals surface area contributed by atoms with E-state index in [1.807, 2.05) is 41.4 Å². The van der Waals surface area contributed by atoms with E-state index < -0.39 is 23.9 Å². The van der Waals surface area contributed by atoms with Crippen LogP contribution in [0.4, 0.5) is 5.69 Å². The first-order valence-corrected chi connectivity index (χ1v) is 12.4. The van der Waals surface area contributed by atoms with Crippen LogP contribution in [0.25, 0.3) is 6.08 Å². The number of Topliss-reactive ketones (excluding diaryl/α,β-unsaturated/α-hetero) is 1. The van der Waals surface area contributed by atoms with Crippen LogP contribution in [0.2, 0.25) is 0 Å². The van der Waals surface area contributed by atoms with E-state index in [-0.39, 0.29) is 24.4 Å². The standard InChI is InChI=1S/C28H19BrN2O5/c29-17-7-5-16(6-8-17)26(32)25-23-22(24-19-4-2-1-3-15(19)11-12-30(24)25)27(33)31(28(23)34)18-9-10-20-21(13-18)36-14-35-20/h1-13,22-25H,14H2/t22-,23+,24+,25-/m0/s1. The summed E-state index contributed by atoms with van der Waals surface area (Å²) in [5.74, 6) is -1.33. The van der Waals surface area contributed by atoms with Crippen LogP contribution in [0, 0.1) is 11.8 Å². The molecule has 178 valence electrons. The van der Waals surface area contributed by atoms with E-state index in [0.717, 1.165) is 15.6 Å². The zero-order valence-corrected chi connectivity index (χ0v) is 20.4. The Labute approximate surface area is 215 Å². The van der Waals surface area contributed by atoms with Crippen molar-refractivity contribution in [1.82, 2.24) is 4.90 Å². The van der Waals surface area contributed by atoms with Crippen LogP contribution in [0.1, 0.15) is 27.5 Å². The number of nitrogens with zero attached hydrogens (tertiary/aromatic N) is 2. The Morgan fingerprint density at radius 1 is 0.889 bits per heavy atom. The number of carbonyl (C=O) groups is 3. The number of fused-ring (bicyclic) bond motifs is 6. The highest BCUT2D eigenvalue weighted by Gasteiger charge is 2.64. The molecule has 7 rings (SSSR count). The highest BCUT2D eigenvalue weighted by molar-refractivity contribution is 9.10. The Bertz CT molecular complexity index is 1480. The summed E-state index contributed by atoms with van der Waals surface area (Å²) in [7, 11) is 0.